The summed E-state index contributed by atoms with van der Waals surface area (Å²) in [5.74, 6) is 0.113. The molecule has 0 bridgehead atoms. The van der Waals surface area contributed by atoms with E-state index in [1.54, 1.807) is 0 Å². The number of carbonyl (C=O) groups is 1. The summed E-state index contributed by atoms with van der Waals surface area (Å²) in [6, 6.07) is 29.1. The van der Waals surface area contributed by atoms with Gasteiger partial charge in [-0.05, 0) is 41.7 Å². The van der Waals surface area contributed by atoms with Crippen LogP contribution >= 0.6 is 0 Å². The van der Waals surface area contributed by atoms with Crippen LogP contribution in [0.25, 0.3) is 11.1 Å². The molecule has 1 aliphatic heterocycles. The Balaban J connectivity index is 1.58. The van der Waals surface area contributed by atoms with Crippen LogP contribution in [0.2, 0.25) is 0 Å². The fourth-order valence-corrected chi connectivity index (χ4v) is 4.16. The highest BCUT2D eigenvalue weighted by Gasteiger charge is 2.32. The Morgan fingerprint density at radius 3 is 2.30 bits per heavy atom. The number of nitrogens with zero attached hydrogens (tertiary/aromatic N) is 2. The van der Waals surface area contributed by atoms with Crippen molar-refractivity contribution in [2.45, 2.75) is 18.9 Å². The van der Waals surface area contributed by atoms with Gasteiger partial charge in [-0.15, -0.1) is 0 Å². The van der Waals surface area contributed by atoms with Gasteiger partial charge in [0, 0.05) is 31.4 Å². The molecule has 0 aromatic heterocycles. The van der Waals surface area contributed by atoms with E-state index in [4.69, 9.17) is 0 Å². The van der Waals surface area contributed by atoms with Gasteiger partial charge in [0.2, 0.25) is 5.91 Å². The molecule has 1 unspecified atom stereocenters. The molecule has 0 aliphatic carbocycles. The lowest BCUT2D eigenvalue weighted by molar-refractivity contribution is -0.122. The van der Waals surface area contributed by atoms with E-state index < -0.39 is 0 Å². The van der Waals surface area contributed by atoms with E-state index in [0.717, 1.165) is 29.8 Å². The Hall–Kier alpha value is -2.95. The van der Waals surface area contributed by atoms with Crippen LogP contribution in [0.5, 0.6) is 0 Å². The van der Waals surface area contributed by atoms with E-state index in [1.165, 1.54) is 5.56 Å². The molecule has 3 aromatic carbocycles. The van der Waals surface area contributed by atoms with Crippen molar-refractivity contribution in [3.63, 3.8) is 0 Å². The molecule has 1 N–H and O–H groups in total. The van der Waals surface area contributed by atoms with Crippen molar-refractivity contribution in [2.24, 2.45) is 0 Å². The van der Waals surface area contributed by atoms with Crippen molar-refractivity contribution in [3.8, 4) is 11.1 Å². The first-order valence-corrected chi connectivity index (χ1v) is 10.6. The fourth-order valence-electron chi connectivity index (χ4n) is 4.16. The Kier molecular flexibility index (Phi) is 6.57. The molecule has 30 heavy (non-hydrogen) atoms. The van der Waals surface area contributed by atoms with Gasteiger partial charge in [-0.3, -0.25) is 9.69 Å². The lowest BCUT2D eigenvalue weighted by atomic mass is 10.00. The molecule has 4 nitrogen and oxygen atoms in total. The van der Waals surface area contributed by atoms with Crippen LogP contribution in [0.1, 0.15) is 12.0 Å². The minimum Gasteiger partial charge on any atom is -0.396 e. The van der Waals surface area contributed by atoms with Crippen LogP contribution in [-0.4, -0.2) is 48.2 Å². The Bertz CT molecular complexity index is 959. The predicted octanol–water partition coefficient (Wildman–Crippen LogP) is 4.00. The molecule has 1 amide bonds. The number of hydrogen-bond donors (Lipinski definition) is 1. The molecule has 3 aromatic rings. The van der Waals surface area contributed by atoms with E-state index >= 15 is 0 Å². The summed E-state index contributed by atoms with van der Waals surface area (Å²) in [6.07, 6.45) is 1.57. The number of hydrogen-bond acceptors (Lipinski definition) is 3. The quantitative estimate of drug-likeness (QED) is 0.652. The van der Waals surface area contributed by atoms with E-state index in [1.807, 2.05) is 41.3 Å². The summed E-state index contributed by atoms with van der Waals surface area (Å²) in [7, 11) is 0. The van der Waals surface area contributed by atoms with Gasteiger partial charge in [0.1, 0.15) is 0 Å². The van der Waals surface area contributed by atoms with Crippen LogP contribution in [0.3, 0.4) is 0 Å². The number of carbonyl (C=O) groups excluding carboxylic acids is 1. The summed E-state index contributed by atoms with van der Waals surface area (Å²) in [6.45, 7) is 1.91. The summed E-state index contributed by atoms with van der Waals surface area (Å²) in [5, 5.41) is 9.29. The third kappa shape index (κ3) is 4.78. The minimum absolute atomic E-state index is 0.113. The number of aliphatic hydroxyl groups is 1. The molecule has 1 heterocycles. The maximum Gasteiger partial charge on any atom is 0.241 e. The Morgan fingerprint density at radius 1 is 0.867 bits per heavy atom. The molecule has 0 radical (unpaired) electrons. The average Bonchev–Trinajstić information content (AvgIpc) is 2.80. The van der Waals surface area contributed by atoms with Crippen LogP contribution < -0.4 is 4.90 Å². The number of anilines is 1. The SMILES string of the molecule is O=C1CN(CCCO)C(Cc2ccccc2)CN1c1cccc(-c2ccccc2)c1. The van der Waals surface area contributed by atoms with Crippen molar-refractivity contribution in [1.29, 1.82) is 0 Å². The first-order chi connectivity index (χ1) is 14.7. The molecule has 0 spiro atoms. The van der Waals surface area contributed by atoms with Gasteiger partial charge in [0.15, 0.2) is 0 Å². The summed E-state index contributed by atoms with van der Waals surface area (Å²) in [4.78, 5) is 17.2. The van der Waals surface area contributed by atoms with E-state index in [-0.39, 0.29) is 18.6 Å². The molecular formula is C26H28N2O2. The fraction of sp³-hybridized carbons (Fsp3) is 0.269. The molecule has 4 heteroatoms. The second kappa shape index (κ2) is 9.70. The first kappa shape index (κ1) is 20.3. The molecule has 154 valence electrons. The van der Waals surface area contributed by atoms with E-state index in [0.29, 0.717) is 19.5 Å². The standard InChI is InChI=1S/C26H28N2O2/c29-16-8-15-27-20-26(30)28(19-25(27)17-21-9-3-1-4-10-21)24-14-7-13-23(18-24)22-11-5-2-6-12-22/h1-7,9-14,18,25,29H,8,15-17,19-20H2. The zero-order chi connectivity index (χ0) is 20.8. The maximum atomic E-state index is 13.0. The molecule has 1 saturated heterocycles. The third-order valence-corrected chi connectivity index (χ3v) is 5.73. The largest absolute Gasteiger partial charge is 0.396 e. The van der Waals surface area contributed by atoms with Crippen molar-refractivity contribution in [1.82, 2.24) is 4.90 Å². The van der Waals surface area contributed by atoms with Crippen molar-refractivity contribution >= 4 is 11.6 Å². The number of rotatable bonds is 7. The van der Waals surface area contributed by atoms with Crippen LogP contribution in [0, 0.1) is 0 Å². The van der Waals surface area contributed by atoms with Crippen LogP contribution in [0.15, 0.2) is 84.9 Å². The first-order valence-electron chi connectivity index (χ1n) is 10.6. The molecule has 1 atom stereocenters. The topological polar surface area (TPSA) is 43.8 Å². The van der Waals surface area contributed by atoms with Gasteiger partial charge in [0.25, 0.3) is 0 Å². The minimum atomic E-state index is 0.113. The van der Waals surface area contributed by atoms with Gasteiger partial charge < -0.3 is 10.0 Å². The molecular weight excluding hydrogens is 372 g/mol. The summed E-state index contributed by atoms with van der Waals surface area (Å²) in [5.41, 5.74) is 4.47. The van der Waals surface area contributed by atoms with Crippen molar-refractivity contribution < 1.29 is 9.90 Å². The van der Waals surface area contributed by atoms with Gasteiger partial charge in [-0.25, -0.2) is 0 Å². The summed E-state index contributed by atoms with van der Waals surface area (Å²) >= 11 is 0. The van der Waals surface area contributed by atoms with Crippen molar-refractivity contribution in [3.05, 3.63) is 90.5 Å². The zero-order valence-corrected chi connectivity index (χ0v) is 17.2. The van der Waals surface area contributed by atoms with Gasteiger partial charge in [0.05, 0.1) is 6.54 Å². The van der Waals surface area contributed by atoms with Crippen molar-refractivity contribution in [2.75, 3.05) is 31.1 Å². The molecule has 1 aliphatic rings. The highest BCUT2D eigenvalue weighted by Crippen LogP contribution is 2.27. The van der Waals surface area contributed by atoms with Gasteiger partial charge in [-0.2, -0.15) is 0 Å². The Labute approximate surface area is 178 Å². The summed E-state index contributed by atoms with van der Waals surface area (Å²) < 4.78 is 0. The lowest BCUT2D eigenvalue weighted by Gasteiger charge is -2.41. The van der Waals surface area contributed by atoms with Crippen LogP contribution in [-0.2, 0) is 11.2 Å². The van der Waals surface area contributed by atoms with E-state index in [9.17, 15) is 9.90 Å². The highest BCUT2D eigenvalue weighted by atomic mass is 16.3. The normalized spacial score (nSPS) is 17.3. The maximum absolute atomic E-state index is 13.0. The predicted molar refractivity (Wildman–Crippen MR) is 121 cm³/mol. The number of benzene rings is 3. The molecule has 1 fully saturated rings. The third-order valence-electron chi connectivity index (χ3n) is 5.73. The van der Waals surface area contributed by atoms with E-state index in [2.05, 4.69) is 53.4 Å². The number of piperazine rings is 1. The average molecular weight is 401 g/mol. The monoisotopic (exact) mass is 400 g/mol. The smallest absolute Gasteiger partial charge is 0.241 e. The second-order valence-corrected chi connectivity index (χ2v) is 7.81. The number of amides is 1. The Morgan fingerprint density at radius 2 is 1.57 bits per heavy atom. The highest BCUT2D eigenvalue weighted by molar-refractivity contribution is 5.96. The van der Waals surface area contributed by atoms with Gasteiger partial charge in [-0.1, -0.05) is 72.8 Å². The van der Waals surface area contributed by atoms with Crippen LogP contribution in [0.4, 0.5) is 5.69 Å². The molecule has 4 rings (SSSR count). The lowest BCUT2D eigenvalue weighted by Crippen LogP contribution is -2.57. The van der Waals surface area contributed by atoms with Gasteiger partial charge >= 0.3 is 0 Å². The second-order valence-electron chi connectivity index (χ2n) is 7.81. The number of aliphatic hydroxyl groups excluding tert-OH is 1. The zero-order valence-electron chi connectivity index (χ0n) is 17.2. The molecule has 0 saturated carbocycles.